The maximum Gasteiger partial charge on any atom is 0.409 e. The summed E-state index contributed by atoms with van der Waals surface area (Å²) in [5.41, 5.74) is 1.05. The van der Waals surface area contributed by atoms with Crippen LogP contribution in [0.15, 0.2) is 29.1 Å². The quantitative estimate of drug-likeness (QED) is 0.455. The number of carbonyl (C=O) groups excluding carboxylic acids is 2. The Bertz CT molecular complexity index is 1450. The molecule has 3 aliphatic rings. The van der Waals surface area contributed by atoms with Gasteiger partial charge in [0.15, 0.2) is 0 Å². The standard InChI is InChI=1S/C28H43N7O6S/c1-20(2)34-24-8-5-6-9-25(24)35(27(34)37)26(36)29-21-18-22-10-11-23(19-21)33(22)12-7-17-41-28(38)31-13-15-32(16-14-31)42(39,40)30(3)4/h5-6,8-9,20-23H,7,10-19H2,1-4H3,(H,29,36)/t21-,22-,23+. The average molecular weight is 606 g/mol. The second-order valence-corrected chi connectivity index (χ2v) is 14.1. The maximum absolute atomic E-state index is 13.3. The summed E-state index contributed by atoms with van der Waals surface area (Å²) in [7, 11) is -0.488. The zero-order valence-corrected chi connectivity index (χ0v) is 25.8. The first-order chi connectivity index (χ1) is 20.0. The monoisotopic (exact) mass is 605 g/mol. The van der Waals surface area contributed by atoms with Crippen molar-refractivity contribution >= 4 is 33.4 Å². The third kappa shape index (κ3) is 5.94. The largest absolute Gasteiger partial charge is 0.449 e. The Balaban J connectivity index is 1.09. The van der Waals surface area contributed by atoms with Crippen LogP contribution in [0.25, 0.3) is 11.0 Å². The number of amides is 2. The number of benzene rings is 1. The van der Waals surface area contributed by atoms with Crippen LogP contribution in [0.1, 0.15) is 52.0 Å². The minimum Gasteiger partial charge on any atom is -0.449 e. The summed E-state index contributed by atoms with van der Waals surface area (Å²) in [6, 6.07) is 7.62. The molecule has 3 fully saturated rings. The van der Waals surface area contributed by atoms with Crippen molar-refractivity contribution in [3.8, 4) is 0 Å². The molecule has 42 heavy (non-hydrogen) atoms. The van der Waals surface area contributed by atoms with Crippen LogP contribution >= 0.6 is 0 Å². The predicted molar refractivity (Wildman–Crippen MR) is 159 cm³/mol. The van der Waals surface area contributed by atoms with Crippen molar-refractivity contribution in [2.45, 2.75) is 70.1 Å². The third-order valence-electron chi connectivity index (χ3n) is 8.78. The summed E-state index contributed by atoms with van der Waals surface area (Å²) < 4.78 is 35.5. The number of aromatic nitrogens is 2. The lowest BCUT2D eigenvalue weighted by Crippen LogP contribution is -2.53. The fourth-order valence-corrected chi connectivity index (χ4v) is 7.78. The van der Waals surface area contributed by atoms with Crippen LogP contribution in [0.4, 0.5) is 9.59 Å². The first kappa shape index (κ1) is 30.5. The van der Waals surface area contributed by atoms with Gasteiger partial charge in [-0.15, -0.1) is 0 Å². The van der Waals surface area contributed by atoms with Crippen molar-refractivity contribution < 1.29 is 22.7 Å². The van der Waals surface area contributed by atoms with Crippen molar-refractivity contribution in [2.24, 2.45) is 0 Å². The minimum atomic E-state index is -3.48. The van der Waals surface area contributed by atoms with Crippen LogP contribution in [-0.4, -0.2) is 120 Å². The first-order valence-electron chi connectivity index (χ1n) is 14.9. The SMILES string of the molecule is CC(C)n1c(=O)n(C(=O)N[C@@H]2C[C@H]3CC[C@@H](C2)N3CCCOC(=O)N2CCN(S(=O)(=O)N(C)C)CC2)c2ccccc21. The van der Waals surface area contributed by atoms with Gasteiger partial charge < -0.3 is 15.0 Å². The number of piperidine rings is 1. The maximum atomic E-state index is 13.3. The second-order valence-electron chi connectivity index (χ2n) is 12.0. The van der Waals surface area contributed by atoms with E-state index in [0.717, 1.165) is 37.7 Å². The number of imidazole rings is 1. The molecule has 2 aromatic rings. The van der Waals surface area contributed by atoms with Gasteiger partial charge >= 0.3 is 17.8 Å². The number of hydrogen-bond donors (Lipinski definition) is 1. The van der Waals surface area contributed by atoms with E-state index in [1.165, 1.54) is 27.3 Å². The molecule has 2 amide bonds. The summed E-state index contributed by atoms with van der Waals surface area (Å²) in [6.07, 6.45) is 4.05. The van der Waals surface area contributed by atoms with E-state index in [1.807, 2.05) is 38.1 Å². The van der Waals surface area contributed by atoms with Crippen LogP contribution < -0.4 is 11.0 Å². The summed E-state index contributed by atoms with van der Waals surface area (Å²) in [6.45, 7) is 6.09. The lowest BCUT2D eigenvalue weighted by molar-refractivity contribution is 0.0753. The molecule has 232 valence electrons. The van der Waals surface area contributed by atoms with E-state index in [1.54, 1.807) is 9.47 Å². The Kier molecular flexibility index (Phi) is 8.97. The fraction of sp³-hybridized carbons (Fsp3) is 0.679. The first-order valence-corrected chi connectivity index (χ1v) is 16.3. The normalized spacial score (nSPS) is 23.7. The molecule has 4 heterocycles. The molecule has 0 aliphatic carbocycles. The molecule has 3 aliphatic heterocycles. The Labute approximate surface area is 247 Å². The third-order valence-corrected chi connectivity index (χ3v) is 10.7. The molecule has 5 rings (SSSR count). The van der Waals surface area contributed by atoms with E-state index in [9.17, 15) is 22.8 Å². The molecule has 13 nitrogen and oxygen atoms in total. The number of hydrogen-bond acceptors (Lipinski definition) is 7. The highest BCUT2D eigenvalue weighted by Gasteiger charge is 2.41. The van der Waals surface area contributed by atoms with Crippen LogP contribution in [-0.2, 0) is 14.9 Å². The van der Waals surface area contributed by atoms with Crippen molar-refractivity contribution in [3.63, 3.8) is 0 Å². The number of carbonyl (C=O) groups is 2. The summed E-state index contributed by atoms with van der Waals surface area (Å²) >= 11 is 0. The Morgan fingerprint density at radius 1 is 1.02 bits per heavy atom. The number of nitrogens with one attached hydrogen (secondary N) is 1. The lowest BCUT2D eigenvalue weighted by Gasteiger charge is -2.39. The lowest BCUT2D eigenvalue weighted by atomic mass is 9.97. The zero-order chi connectivity index (χ0) is 30.2. The highest BCUT2D eigenvalue weighted by atomic mass is 32.2. The average Bonchev–Trinajstić information content (AvgIpc) is 3.38. The van der Waals surface area contributed by atoms with Gasteiger partial charge in [0.2, 0.25) is 0 Å². The second kappa shape index (κ2) is 12.3. The Morgan fingerprint density at radius 3 is 2.24 bits per heavy atom. The number of fused-ring (bicyclic) bond motifs is 3. The van der Waals surface area contributed by atoms with E-state index < -0.39 is 16.3 Å². The van der Waals surface area contributed by atoms with Gasteiger partial charge in [0.05, 0.1) is 17.6 Å². The van der Waals surface area contributed by atoms with Gasteiger partial charge in [0.25, 0.3) is 10.2 Å². The van der Waals surface area contributed by atoms with Gasteiger partial charge in [0.1, 0.15) is 0 Å². The van der Waals surface area contributed by atoms with Crippen LogP contribution in [0.2, 0.25) is 0 Å². The molecule has 0 saturated carbocycles. The number of nitrogens with zero attached hydrogens (tertiary/aromatic N) is 6. The molecular formula is C28H43N7O6S. The molecule has 2 bridgehead atoms. The van der Waals surface area contributed by atoms with Gasteiger partial charge in [-0.25, -0.2) is 19.0 Å². The molecule has 1 N–H and O–H groups in total. The van der Waals surface area contributed by atoms with Crippen LogP contribution in [0.3, 0.4) is 0 Å². The van der Waals surface area contributed by atoms with Crippen molar-refractivity contribution in [1.29, 1.82) is 0 Å². The van der Waals surface area contributed by atoms with Gasteiger partial charge in [-0.3, -0.25) is 9.47 Å². The highest BCUT2D eigenvalue weighted by molar-refractivity contribution is 7.86. The van der Waals surface area contributed by atoms with Crippen molar-refractivity contribution in [2.75, 3.05) is 53.4 Å². The number of rotatable bonds is 8. The van der Waals surface area contributed by atoms with Gasteiger partial charge in [-0.1, -0.05) is 12.1 Å². The smallest absolute Gasteiger partial charge is 0.409 e. The number of ether oxygens (including phenoxy) is 1. The van der Waals surface area contributed by atoms with E-state index in [2.05, 4.69) is 10.2 Å². The van der Waals surface area contributed by atoms with E-state index in [-0.39, 0.29) is 36.9 Å². The molecule has 0 unspecified atom stereocenters. The van der Waals surface area contributed by atoms with Crippen LogP contribution in [0, 0.1) is 0 Å². The zero-order valence-electron chi connectivity index (χ0n) is 24.9. The molecular weight excluding hydrogens is 562 g/mol. The molecule has 1 aromatic heterocycles. The van der Waals surface area contributed by atoms with E-state index >= 15 is 0 Å². The molecule has 0 spiro atoms. The molecule has 3 saturated heterocycles. The Morgan fingerprint density at radius 2 is 1.64 bits per heavy atom. The fourth-order valence-electron chi connectivity index (χ4n) is 6.69. The summed E-state index contributed by atoms with van der Waals surface area (Å²) in [5, 5.41) is 3.14. The Hall–Kier alpha value is -2.94. The molecule has 1 aromatic carbocycles. The van der Waals surface area contributed by atoms with Crippen molar-refractivity contribution in [1.82, 2.24) is 32.9 Å². The number of para-hydroxylation sites is 2. The van der Waals surface area contributed by atoms with E-state index in [4.69, 9.17) is 4.74 Å². The molecule has 14 heteroatoms. The van der Waals surface area contributed by atoms with Gasteiger partial charge in [0, 0.05) is 71.0 Å². The molecule has 3 atom stereocenters. The minimum absolute atomic E-state index is 0.00730. The summed E-state index contributed by atoms with van der Waals surface area (Å²) in [5.74, 6) is 0. The van der Waals surface area contributed by atoms with Crippen LogP contribution in [0.5, 0.6) is 0 Å². The van der Waals surface area contributed by atoms with E-state index in [0.29, 0.717) is 43.7 Å². The summed E-state index contributed by atoms with van der Waals surface area (Å²) in [4.78, 5) is 43.1. The van der Waals surface area contributed by atoms with Gasteiger partial charge in [-0.2, -0.15) is 17.0 Å². The molecule has 0 radical (unpaired) electrons. The number of piperazine rings is 1. The highest BCUT2D eigenvalue weighted by Crippen LogP contribution is 2.36. The van der Waals surface area contributed by atoms with Crippen molar-refractivity contribution in [3.05, 3.63) is 34.7 Å². The van der Waals surface area contributed by atoms with Gasteiger partial charge in [-0.05, 0) is 58.1 Å². The topological polar surface area (TPSA) is 129 Å². The predicted octanol–water partition coefficient (Wildman–Crippen LogP) is 1.89.